The van der Waals surface area contributed by atoms with Gasteiger partial charge in [0.25, 0.3) is 0 Å². The molecular formula is C27H27F2N7O3S. The first kappa shape index (κ1) is 27.3. The number of halogens is 2. The molecule has 0 spiro atoms. The molecule has 40 heavy (non-hydrogen) atoms. The molecule has 0 aliphatic carbocycles. The van der Waals surface area contributed by atoms with Gasteiger partial charge in [-0.1, -0.05) is 36.9 Å². The van der Waals surface area contributed by atoms with Gasteiger partial charge in [0.1, 0.15) is 22.7 Å². The van der Waals surface area contributed by atoms with E-state index in [9.17, 15) is 22.0 Å². The Labute approximate surface area is 229 Å². The van der Waals surface area contributed by atoms with Crippen LogP contribution >= 0.6 is 0 Å². The van der Waals surface area contributed by atoms with E-state index in [1.165, 1.54) is 19.5 Å². The minimum Gasteiger partial charge on any atom is -0.383 e. The van der Waals surface area contributed by atoms with Gasteiger partial charge in [-0.15, -0.1) is 0 Å². The third-order valence-electron chi connectivity index (χ3n) is 6.98. The van der Waals surface area contributed by atoms with Crippen molar-refractivity contribution in [3.8, 4) is 11.3 Å². The first-order valence-electron chi connectivity index (χ1n) is 12.5. The number of anilines is 1. The molecule has 2 aromatic heterocycles. The number of carbonyl (C=O) groups excluding carboxylic acids is 1. The number of nitrogen functional groups attached to an aromatic ring is 1. The van der Waals surface area contributed by atoms with Crippen LogP contribution in [-0.2, 0) is 21.4 Å². The molecule has 1 fully saturated rings. The lowest BCUT2D eigenvalue weighted by Crippen LogP contribution is -2.40. The molecule has 0 bridgehead atoms. The van der Waals surface area contributed by atoms with Crippen molar-refractivity contribution in [1.82, 2.24) is 29.0 Å². The first-order valence-corrected chi connectivity index (χ1v) is 14.0. The lowest BCUT2D eigenvalue weighted by Gasteiger charge is -2.32. The number of nitrogens with zero attached hydrogens (tertiary/aromatic N) is 6. The molecule has 2 N–H and O–H groups in total. The molecule has 208 valence electrons. The van der Waals surface area contributed by atoms with Crippen LogP contribution in [0.25, 0.3) is 22.3 Å². The predicted octanol–water partition coefficient (Wildman–Crippen LogP) is 3.52. The van der Waals surface area contributed by atoms with E-state index in [0.717, 1.165) is 35.3 Å². The largest absolute Gasteiger partial charge is 0.383 e. The third kappa shape index (κ3) is 4.93. The Morgan fingerprint density at radius 3 is 2.67 bits per heavy atom. The van der Waals surface area contributed by atoms with Gasteiger partial charge in [-0.2, -0.15) is 9.40 Å². The van der Waals surface area contributed by atoms with Crippen molar-refractivity contribution >= 4 is 32.8 Å². The summed E-state index contributed by atoms with van der Waals surface area (Å²) in [6, 6.07) is 9.90. The van der Waals surface area contributed by atoms with Gasteiger partial charge >= 0.3 is 0 Å². The van der Waals surface area contributed by atoms with Crippen LogP contribution in [-0.4, -0.2) is 63.4 Å². The van der Waals surface area contributed by atoms with Crippen LogP contribution in [0, 0.1) is 11.6 Å². The SMILES string of the molecule is C=CC(=O)N1CCCC(n2nc(-c3ccc(CN(C)S(=O)(=O)c4cccc(F)c4F)cc3)c3c(N)ncnc32)C1. The van der Waals surface area contributed by atoms with Crippen molar-refractivity contribution in [3.63, 3.8) is 0 Å². The number of amides is 1. The van der Waals surface area contributed by atoms with Gasteiger partial charge in [-0.05, 0) is 36.6 Å². The molecule has 1 amide bonds. The van der Waals surface area contributed by atoms with Gasteiger partial charge in [0.2, 0.25) is 15.9 Å². The number of piperidine rings is 1. The van der Waals surface area contributed by atoms with Gasteiger partial charge in [0.15, 0.2) is 17.3 Å². The summed E-state index contributed by atoms with van der Waals surface area (Å²) in [5.74, 6) is -2.53. The van der Waals surface area contributed by atoms with E-state index in [0.29, 0.717) is 40.9 Å². The van der Waals surface area contributed by atoms with Crippen molar-refractivity contribution in [2.75, 3.05) is 25.9 Å². The first-order chi connectivity index (χ1) is 19.1. The summed E-state index contributed by atoms with van der Waals surface area (Å²) >= 11 is 0. The Morgan fingerprint density at radius 2 is 1.95 bits per heavy atom. The van der Waals surface area contributed by atoms with E-state index in [-0.39, 0.29) is 24.3 Å². The molecule has 1 aliphatic rings. The number of nitrogens with two attached hydrogens (primary N) is 1. The molecule has 1 unspecified atom stereocenters. The summed E-state index contributed by atoms with van der Waals surface area (Å²) in [6.45, 7) is 4.60. The number of carbonyl (C=O) groups is 1. The molecule has 5 rings (SSSR count). The Bertz CT molecular complexity index is 1710. The summed E-state index contributed by atoms with van der Waals surface area (Å²) < 4.78 is 56.3. The minimum atomic E-state index is -4.27. The molecule has 3 heterocycles. The highest BCUT2D eigenvalue weighted by Crippen LogP contribution is 2.34. The van der Waals surface area contributed by atoms with Crippen molar-refractivity contribution < 1.29 is 22.0 Å². The highest BCUT2D eigenvalue weighted by atomic mass is 32.2. The van der Waals surface area contributed by atoms with Crippen molar-refractivity contribution in [3.05, 3.63) is 78.6 Å². The lowest BCUT2D eigenvalue weighted by molar-refractivity contribution is -0.127. The average Bonchev–Trinajstić information content (AvgIpc) is 3.35. The fourth-order valence-electron chi connectivity index (χ4n) is 4.90. The standard InChI is InChI=1S/C27H27F2N7O3S/c1-3-22(37)35-13-5-6-19(15-35)36-27-23(26(30)31-16-32-27)25(33-36)18-11-9-17(10-12-18)14-34(2)40(38,39)21-8-4-7-20(28)24(21)29/h3-4,7-12,16,19H,1,5-6,13-15H2,2H3,(H2,30,31,32). The summed E-state index contributed by atoms with van der Waals surface area (Å²) in [4.78, 5) is 21.8. The topological polar surface area (TPSA) is 127 Å². The Kier molecular flexibility index (Phi) is 7.34. The van der Waals surface area contributed by atoms with Crippen LogP contribution < -0.4 is 5.73 Å². The average molecular weight is 568 g/mol. The van der Waals surface area contributed by atoms with Crippen molar-refractivity contribution in [1.29, 1.82) is 0 Å². The molecule has 1 atom stereocenters. The van der Waals surface area contributed by atoms with E-state index in [2.05, 4.69) is 16.5 Å². The molecule has 2 aromatic carbocycles. The molecule has 13 heteroatoms. The maximum atomic E-state index is 14.2. The Balaban J connectivity index is 1.44. The summed E-state index contributed by atoms with van der Waals surface area (Å²) in [6.07, 6.45) is 4.27. The molecule has 10 nitrogen and oxygen atoms in total. The number of likely N-dealkylation sites (tertiary alicyclic amines) is 1. The van der Waals surface area contributed by atoms with Crippen LogP contribution in [0.2, 0.25) is 0 Å². The third-order valence-corrected chi connectivity index (χ3v) is 8.80. The number of fused-ring (bicyclic) bond motifs is 1. The smallest absolute Gasteiger partial charge is 0.246 e. The van der Waals surface area contributed by atoms with Crippen LogP contribution in [0.1, 0.15) is 24.4 Å². The second kappa shape index (κ2) is 10.7. The molecular weight excluding hydrogens is 540 g/mol. The Hall–Kier alpha value is -4.23. The van der Waals surface area contributed by atoms with Gasteiger partial charge in [0, 0.05) is 32.2 Å². The summed E-state index contributed by atoms with van der Waals surface area (Å²) in [5, 5.41) is 5.41. The molecule has 1 aliphatic heterocycles. The maximum absolute atomic E-state index is 14.2. The number of hydrogen-bond donors (Lipinski definition) is 1. The second-order valence-corrected chi connectivity index (χ2v) is 11.6. The zero-order valence-corrected chi connectivity index (χ0v) is 22.5. The molecule has 0 saturated carbocycles. The monoisotopic (exact) mass is 567 g/mol. The number of hydrogen-bond acceptors (Lipinski definition) is 7. The zero-order valence-electron chi connectivity index (χ0n) is 21.7. The molecule has 4 aromatic rings. The quantitative estimate of drug-likeness (QED) is 0.339. The fraction of sp³-hybridized carbons (Fsp3) is 0.259. The van der Waals surface area contributed by atoms with E-state index in [1.54, 1.807) is 33.8 Å². The summed E-state index contributed by atoms with van der Waals surface area (Å²) in [7, 11) is -2.98. The van der Waals surface area contributed by atoms with E-state index in [4.69, 9.17) is 10.8 Å². The normalized spacial score (nSPS) is 16.0. The van der Waals surface area contributed by atoms with E-state index < -0.39 is 26.6 Å². The maximum Gasteiger partial charge on any atom is 0.246 e. The molecule has 0 radical (unpaired) electrons. The van der Waals surface area contributed by atoms with E-state index >= 15 is 0 Å². The number of aromatic nitrogens is 4. The zero-order chi connectivity index (χ0) is 28.6. The van der Waals surface area contributed by atoms with Crippen LogP contribution in [0.4, 0.5) is 14.6 Å². The van der Waals surface area contributed by atoms with Gasteiger partial charge in [0.05, 0.1) is 11.4 Å². The number of sulfonamides is 1. The van der Waals surface area contributed by atoms with Gasteiger partial charge in [-0.25, -0.2) is 31.8 Å². The van der Waals surface area contributed by atoms with Crippen molar-refractivity contribution in [2.45, 2.75) is 30.3 Å². The van der Waals surface area contributed by atoms with Gasteiger partial charge in [-0.3, -0.25) is 4.79 Å². The summed E-state index contributed by atoms with van der Waals surface area (Å²) in [5.41, 5.74) is 8.66. The van der Waals surface area contributed by atoms with Gasteiger partial charge < -0.3 is 10.6 Å². The molecule has 1 saturated heterocycles. The predicted molar refractivity (Wildman–Crippen MR) is 145 cm³/mol. The fourth-order valence-corrected chi connectivity index (χ4v) is 6.13. The van der Waals surface area contributed by atoms with Crippen LogP contribution in [0.15, 0.2) is 66.3 Å². The van der Waals surface area contributed by atoms with Crippen molar-refractivity contribution in [2.24, 2.45) is 0 Å². The van der Waals surface area contributed by atoms with Crippen LogP contribution in [0.3, 0.4) is 0 Å². The lowest BCUT2D eigenvalue weighted by atomic mass is 10.1. The highest BCUT2D eigenvalue weighted by molar-refractivity contribution is 7.89. The van der Waals surface area contributed by atoms with Crippen LogP contribution in [0.5, 0.6) is 0 Å². The minimum absolute atomic E-state index is 0.0752. The number of rotatable bonds is 7. The number of benzene rings is 2. The van der Waals surface area contributed by atoms with E-state index in [1.807, 2.05) is 0 Å². The Morgan fingerprint density at radius 1 is 1.20 bits per heavy atom. The second-order valence-electron chi connectivity index (χ2n) is 9.55. The highest BCUT2D eigenvalue weighted by Gasteiger charge is 2.29.